The van der Waals surface area contributed by atoms with Gasteiger partial charge in [-0.15, -0.1) is 0 Å². The summed E-state index contributed by atoms with van der Waals surface area (Å²) in [5.74, 6) is -0.172. The number of methoxy groups -OCH3 is 1. The maximum atomic E-state index is 11.7. The van der Waals surface area contributed by atoms with Crippen molar-refractivity contribution >= 4 is 29.4 Å². The van der Waals surface area contributed by atoms with Crippen molar-refractivity contribution in [2.75, 3.05) is 25.2 Å². The van der Waals surface area contributed by atoms with Crippen molar-refractivity contribution in [2.24, 2.45) is 0 Å². The lowest BCUT2D eigenvalue weighted by molar-refractivity contribution is -0.141. The van der Waals surface area contributed by atoms with E-state index in [1.807, 2.05) is 0 Å². The van der Waals surface area contributed by atoms with E-state index in [0.717, 1.165) is 11.3 Å². The van der Waals surface area contributed by atoms with E-state index in [2.05, 4.69) is 0 Å². The lowest BCUT2D eigenvalue weighted by Gasteiger charge is -2.07. The first-order valence-corrected chi connectivity index (χ1v) is 7.82. The quantitative estimate of drug-likeness (QED) is 0.339. The molecule has 7 heteroatoms. The van der Waals surface area contributed by atoms with Crippen LogP contribution in [0.4, 0.5) is 11.4 Å². The largest absolute Gasteiger partial charge is 0.497 e. The van der Waals surface area contributed by atoms with Gasteiger partial charge >= 0.3 is 11.9 Å². The van der Waals surface area contributed by atoms with E-state index < -0.39 is 11.9 Å². The van der Waals surface area contributed by atoms with E-state index in [4.69, 9.17) is 25.7 Å². The maximum Gasteiger partial charge on any atom is 0.330 e. The molecular weight excluding hydrogens is 336 g/mol. The second kappa shape index (κ2) is 9.12. The van der Waals surface area contributed by atoms with Crippen LogP contribution in [-0.2, 0) is 14.3 Å². The Bertz CT molecular complexity index is 800. The van der Waals surface area contributed by atoms with Gasteiger partial charge in [0.25, 0.3) is 0 Å². The molecule has 7 nitrogen and oxygen atoms in total. The van der Waals surface area contributed by atoms with Crippen LogP contribution in [0.15, 0.2) is 48.5 Å². The molecule has 0 heterocycles. The van der Waals surface area contributed by atoms with E-state index in [0.29, 0.717) is 5.69 Å². The number of anilines is 2. The number of nitrogens with two attached hydrogens (primary N) is 2. The fourth-order valence-corrected chi connectivity index (χ4v) is 2.00. The first kappa shape index (κ1) is 18.9. The summed E-state index contributed by atoms with van der Waals surface area (Å²) < 4.78 is 15.1. The second-order valence-corrected chi connectivity index (χ2v) is 5.30. The Hall–Kier alpha value is -3.48. The molecule has 2 aromatic carbocycles. The van der Waals surface area contributed by atoms with Crippen LogP contribution in [0.2, 0.25) is 0 Å². The Morgan fingerprint density at radius 1 is 1.08 bits per heavy atom. The number of rotatable bonds is 7. The molecule has 0 bridgehead atoms. The van der Waals surface area contributed by atoms with Crippen LogP contribution >= 0.6 is 0 Å². The van der Waals surface area contributed by atoms with Gasteiger partial charge in [-0.3, -0.25) is 4.79 Å². The molecular formula is C19H20N2O5. The number of ether oxygens (including phenoxy) is 3. The molecule has 0 radical (unpaired) electrons. The molecule has 0 unspecified atom stereocenters. The highest BCUT2D eigenvalue weighted by atomic mass is 16.5. The number of carbonyl (C=O) groups is 2. The minimum absolute atomic E-state index is 0.0913. The second-order valence-electron chi connectivity index (χ2n) is 5.30. The van der Waals surface area contributed by atoms with Crippen molar-refractivity contribution in [3.8, 4) is 11.5 Å². The molecule has 0 atom stereocenters. The highest BCUT2D eigenvalue weighted by Crippen LogP contribution is 2.23. The number of benzene rings is 2. The molecule has 0 aliphatic rings. The molecule has 0 aromatic heterocycles. The van der Waals surface area contributed by atoms with Gasteiger partial charge < -0.3 is 25.7 Å². The third-order valence-electron chi connectivity index (χ3n) is 3.34. The molecule has 0 amide bonds. The number of nitrogen functional groups attached to an aromatic ring is 2. The van der Waals surface area contributed by atoms with Gasteiger partial charge in [0.2, 0.25) is 0 Å². The van der Waals surface area contributed by atoms with Crippen molar-refractivity contribution in [2.45, 2.75) is 6.42 Å². The molecule has 2 aromatic rings. The topological polar surface area (TPSA) is 114 Å². The van der Waals surface area contributed by atoms with E-state index in [-0.39, 0.29) is 24.5 Å². The van der Waals surface area contributed by atoms with Gasteiger partial charge in [0.1, 0.15) is 12.4 Å². The number of esters is 2. The molecule has 26 heavy (non-hydrogen) atoms. The summed E-state index contributed by atoms with van der Waals surface area (Å²) in [4.78, 5) is 23.4. The summed E-state index contributed by atoms with van der Waals surface area (Å²) in [6, 6.07) is 11.7. The molecule has 2 rings (SSSR count). The maximum absolute atomic E-state index is 11.7. The van der Waals surface area contributed by atoms with Crippen LogP contribution in [0.3, 0.4) is 0 Å². The van der Waals surface area contributed by atoms with Gasteiger partial charge in [-0.2, -0.15) is 0 Å². The third kappa shape index (κ3) is 5.86. The van der Waals surface area contributed by atoms with Crippen molar-refractivity contribution in [3.63, 3.8) is 0 Å². The lowest BCUT2D eigenvalue weighted by atomic mass is 10.2. The average molecular weight is 356 g/mol. The average Bonchev–Trinajstić information content (AvgIpc) is 2.63. The monoisotopic (exact) mass is 356 g/mol. The van der Waals surface area contributed by atoms with Gasteiger partial charge in [-0.1, -0.05) is 12.1 Å². The zero-order valence-corrected chi connectivity index (χ0v) is 14.3. The van der Waals surface area contributed by atoms with E-state index in [1.54, 1.807) is 43.5 Å². The number of hydrogen-bond acceptors (Lipinski definition) is 7. The fraction of sp³-hybridized carbons (Fsp3) is 0.158. The van der Waals surface area contributed by atoms with Gasteiger partial charge in [-0.05, 0) is 42.0 Å². The smallest absolute Gasteiger partial charge is 0.330 e. The fourth-order valence-electron chi connectivity index (χ4n) is 2.00. The van der Waals surface area contributed by atoms with Crippen molar-refractivity contribution in [3.05, 3.63) is 54.1 Å². The molecule has 0 aliphatic carbocycles. The van der Waals surface area contributed by atoms with Gasteiger partial charge in [0, 0.05) is 11.8 Å². The normalized spacial score (nSPS) is 10.5. The highest BCUT2D eigenvalue weighted by Gasteiger charge is 2.09. The Labute approximate surface area is 151 Å². The first-order valence-electron chi connectivity index (χ1n) is 7.82. The highest BCUT2D eigenvalue weighted by molar-refractivity contribution is 5.87. The van der Waals surface area contributed by atoms with E-state index in [9.17, 15) is 9.59 Å². The Morgan fingerprint density at radius 3 is 2.46 bits per heavy atom. The molecule has 0 fully saturated rings. The summed E-state index contributed by atoms with van der Waals surface area (Å²) in [6.07, 6.45) is 2.80. The standard InChI is InChI=1S/C19H20N2O5/c1-24-15-6-2-13(3-7-15)4-9-18(22)25-11-10-19(23)26-17-8-5-14(20)12-16(17)21/h2-9,12H,10-11,20-21H2,1H3/b9-4+. The molecule has 0 saturated heterocycles. The van der Waals surface area contributed by atoms with Crippen molar-refractivity contribution in [1.82, 2.24) is 0 Å². The summed E-state index contributed by atoms with van der Waals surface area (Å²) >= 11 is 0. The molecule has 136 valence electrons. The van der Waals surface area contributed by atoms with Crippen LogP contribution in [0, 0.1) is 0 Å². The molecule has 0 saturated carbocycles. The van der Waals surface area contributed by atoms with Crippen LogP contribution in [0.25, 0.3) is 6.08 Å². The van der Waals surface area contributed by atoms with Crippen LogP contribution in [0.1, 0.15) is 12.0 Å². The van der Waals surface area contributed by atoms with Gasteiger partial charge in [0.05, 0.1) is 19.2 Å². The SMILES string of the molecule is COc1ccc(/C=C/C(=O)OCCC(=O)Oc2ccc(N)cc2N)cc1. The minimum Gasteiger partial charge on any atom is -0.497 e. The molecule has 4 N–H and O–H groups in total. The summed E-state index contributed by atoms with van der Waals surface area (Å²) in [5.41, 5.74) is 12.8. The van der Waals surface area contributed by atoms with Crippen molar-refractivity contribution < 1.29 is 23.8 Å². The molecule has 0 spiro atoms. The first-order chi connectivity index (χ1) is 12.5. The zero-order chi connectivity index (χ0) is 18.9. The summed E-state index contributed by atoms with van der Waals surface area (Å²) in [5, 5.41) is 0. The van der Waals surface area contributed by atoms with Gasteiger partial charge in [-0.25, -0.2) is 4.79 Å². The van der Waals surface area contributed by atoms with Crippen molar-refractivity contribution in [1.29, 1.82) is 0 Å². The van der Waals surface area contributed by atoms with Gasteiger partial charge in [0.15, 0.2) is 5.75 Å². The van der Waals surface area contributed by atoms with Crippen LogP contribution in [-0.4, -0.2) is 25.7 Å². The van der Waals surface area contributed by atoms with E-state index in [1.165, 1.54) is 18.2 Å². The zero-order valence-electron chi connectivity index (χ0n) is 14.3. The summed E-state index contributed by atoms with van der Waals surface area (Å²) in [7, 11) is 1.58. The lowest BCUT2D eigenvalue weighted by Crippen LogP contribution is -2.13. The predicted molar refractivity (Wildman–Crippen MR) is 98.5 cm³/mol. The van der Waals surface area contributed by atoms with Crippen LogP contribution in [0.5, 0.6) is 11.5 Å². The Kier molecular flexibility index (Phi) is 6.61. The predicted octanol–water partition coefficient (Wildman–Crippen LogP) is 2.41. The minimum atomic E-state index is -0.562. The Morgan fingerprint density at radius 2 is 1.81 bits per heavy atom. The molecule has 0 aliphatic heterocycles. The van der Waals surface area contributed by atoms with Crippen LogP contribution < -0.4 is 20.9 Å². The number of carbonyl (C=O) groups excluding carboxylic acids is 2. The Balaban J connectivity index is 1.74. The summed E-state index contributed by atoms with van der Waals surface area (Å²) in [6.45, 7) is -0.0977. The number of hydrogen-bond donors (Lipinski definition) is 2. The third-order valence-corrected chi connectivity index (χ3v) is 3.34. The van der Waals surface area contributed by atoms with E-state index >= 15 is 0 Å².